The second-order valence-electron chi connectivity index (χ2n) is 4.97. The number of hydrogen-bond acceptors (Lipinski definition) is 3. The number of aliphatic hydroxyl groups is 1. The summed E-state index contributed by atoms with van der Waals surface area (Å²) < 4.78 is 0. The van der Waals surface area contributed by atoms with Crippen LogP contribution < -0.4 is 10.6 Å². The predicted molar refractivity (Wildman–Crippen MR) is 109 cm³/mol. The van der Waals surface area contributed by atoms with Crippen LogP contribution in [0.2, 0.25) is 0 Å². The average molecular weight is 445 g/mol. The fraction of sp³-hybridized carbons (Fsp3) is 0.353. The largest absolute Gasteiger partial charge is 0.388 e. The van der Waals surface area contributed by atoms with Gasteiger partial charge in [-0.2, -0.15) is 11.3 Å². The summed E-state index contributed by atoms with van der Waals surface area (Å²) in [6.07, 6.45) is 0.195. The number of hydrogen-bond donors (Lipinski definition) is 3. The monoisotopic (exact) mass is 445 g/mol. The third-order valence-corrected chi connectivity index (χ3v) is 3.97. The normalized spacial score (nSPS) is 12.3. The number of benzene rings is 1. The van der Waals surface area contributed by atoms with Gasteiger partial charge in [-0.3, -0.25) is 0 Å². The van der Waals surface area contributed by atoms with Crippen LogP contribution in [0.3, 0.4) is 0 Å². The zero-order valence-corrected chi connectivity index (χ0v) is 16.4. The molecule has 0 saturated heterocycles. The molecule has 2 aromatic rings. The van der Waals surface area contributed by atoms with Crippen LogP contribution in [0.25, 0.3) is 0 Å². The minimum absolute atomic E-state index is 0. The number of rotatable bonds is 7. The van der Waals surface area contributed by atoms with Crippen LogP contribution in [0.4, 0.5) is 0 Å². The van der Waals surface area contributed by atoms with Crippen molar-refractivity contribution in [1.29, 1.82) is 0 Å². The molecule has 0 spiro atoms. The maximum absolute atomic E-state index is 10.1. The Bertz CT molecular complexity index is 560. The smallest absolute Gasteiger partial charge is 0.191 e. The van der Waals surface area contributed by atoms with Gasteiger partial charge in [-0.1, -0.05) is 30.3 Å². The highest BCUT2D eigenvalue weighted by molar-refractivity contribution is 14.0. The quantitative estimate of drug-likeness (QED) is 0.347. The lowest BCUT2D eigenvalue weighted by Gasteiger charge is -2.14. The zero-order chi connectivity index (χ0) is 15.6. The second-order valence-corrected chi connectivity index (χ2v) is 5.75. The predicted octanol–water partition coefficient (Wildman–Crippen LogP) is 3.54. The fourth-order valence-corrected chi connectivity index (χ4v) is 2.72. The molecule has 0 bridgehead atoms. The van der Waals surface area contributed by atoms with Gasteiger partial charge in [0.25, 0.3) is 0 Å². The van der Waals surface area contributed by atoms with Crippen LogP contribution in [0.5, 0.6) is 0 Å². The Balaban J connectivity index is 0.00000264. The van der Waals surface area contributed by atoms with Crippen LogP contribution >= 0.6 is 35.3 Å². The van der Waals surface area contributed by atoms with E-state index in [2.05, 4.69) is 32.5 Å². The van der Waals surface area contributed by atoms with Crippen LogP contribution in [0.15, 0.2) is 52.2 Å². The van der Waals surface area contributed by atoms with E-state index in [0.29, 0.717) is 19.5 Å². The number of guanidine groups is 1. The van der Waals surface area contributed by atoms with E-state index in [0.717, 1.165) is 18.1 Å². The maximum atomic E-state index is 10.1. The summed E-state index contributed by atoms with van der Waals surface area (Å²) in [6, 6.07) is 11.8. The molecular weight excluding hydrogens is 421 g/mol. The molecule has 23 heavy (non-hydrogen) atoms. The summed E-state index contributed by atoms with van der Waals surface area (Å²) >= 11 is 1.68. The fourth-order valence-electron chi connectivity index (χ4n) is 2.06. The van der Waals surface area contributed by atoms with Crippen molar-refractivity contribution in [2.45, 2.75) is 26.0 Å². The first-order valence-corrected chi connectivity index (χ1v) is 8.50. The summed E-state index contributed by atoms with van der Waals surface area (Å²) in [5.74, 6) is 0.786. The Morgan fingerprint density at radius 1 is 1.22 bits per heavy atom. The molecule has 0 aliphatic carbocycles. The van der Waals surface area contributed by atoms with Gasteiger partial charge in [-0.15, -0.1) is 24.0 Å². The van der Waals surface area contributed by atoms with Crippen molar-refractivity contribution in [3.05, 3.63) is 58.3 Å². The van der Waals surface area contributed by atoms with Crippen molar-refractivity contribution in [3.8, 4) is 0 Å². The van der Waals surface area contributed by atoms with Crippen molar-refractivity contribution in [3.63, 3.8) is 0 Å². The van der Waals surface area contributed by atoms with E-state index >= 15 is 0 Å². The van der Waals surface area contributed by atoms with Gasteiger partial charge < -0.3 is 15.7 Å². The van der Waals surface area contributed by atoms with Crippen LogP contribution in [-0.4, -0.2) is 24.2 Å². The van der Waals surface area contributed by atoms with E-state index in [1.807, 2.05) is 37.3 Å². The molecule has 6 heteroatoms. The van der Waals surface area contributed by atoms with Crippen molar-refractivity contribution in [2.24, 2.45) is 4.99 Å². The molecule has 0 radical (unpaired) electrons. The van der Waals surface area contributed by atoms with Crippen LogP contribution in [-0.2, 0) is 6.54 Å². The number of aliphatic hydroxyl groups excluding tert-OH is 1. The van der Waals surface area contributed by atoms with E-state index in [-0.39, 0.29) is 24.0 Å². The third kappa shape index (κ3) is 7.32. The molecule has 2 rings (SSSR count). The Labute approximate surface area is 159 Å². The van der Waals surface area contributed by atoms with Crippen LogP contribution in [0.1, 0.15) is 30.6 Å². The van der Waals surface area contributed by atoms with Gasteiger partial charge in [0.15, 0.2) is 5.96 Å². The second kappa shape index (κ2) is 11.4. The van der Waals surface area contributed by atoms with E-state index in [4.69, 9.17) is 0 Å². The number of halogens is 1. The van der Waals surface area contributed by atoms with E-state index in [1.165, 1.54) is 5.56 Å². The first-order valence-electron chi connectivity index (χ1n) is 7.56. The molecule has 1 aromatic heterocycles. The maximum Gasteiger partial charge on any atom is 0.191 e. The molecule has 0 aliphatic rings. The Morgan fingerprint density at radius 3 is 2.65 bits per heavy atom. The summed E-state index contributed by atoms with van der Waals surface area (Å²) in [5, 5.41) is 20.8. The molecule has 0 amide bonds. The van der Waals surface area contributed by atoms with E-state index < -0.39 is 6.10 Å². The van der Waals surface area contributed by atoms with E-state index in [9.17, 15) is 5.11 Å². The van der Waals surface area contributed by atoms with Gasteiger partial charge in [0, 0.05) is 13.1 Å². The molecule has 1 heterocycles. The molecule has 1 atom stereocenters. The molecule has 1 aromatic carbocycles. The van der Waals surface area contributed by atoms with Crippen LogP contribution in [0, 0.1) is 0 Å². The average Bonchev–Trinajstić information content (AvgIpc) is 3.06. The molecule has 3 N–H and O–H groups in total. The number of nitrogens with zero attached hydrogens (tertiary/aromatic N) is 1. The van der Waals surface area contributed by atoms with Gasteiger partial charge in [0.1, 0.15) is 0 Å². The Kier molecular flexibility index (Phi) is 9.89. The highest BCUT2D eigenvalue weighted by atomic mass is 127. The highest BCUT2D eigenvalue weighted by Gasteiger charge is 2.06. The van der Waals surface area contributed by atoms with Crippen molar-refractivity contribution in [1.82, 2.24) is 10.6 Å². The van der Waals surface area contributed by atoms with Gasteiger partial charge >= 0.3 is 0 Å². The van der Waals surface area contributed by atoms with Gasteiger partial charge in [0.05, 0.1) is 12.6 Å². The number of nitrogens with one attached hydrogen (secondary N) is 2. The molecule has 0 saturated carbocycles. The molecule has 0 fully saturated rings. The number of aliphatic imine (C=N–C) groups is 1. The molecular formula is C17H24IN3OS. The Morgan fingerprint density at radius 2 is 2.00 bits per heavy atom. The lowest BCUT2D eigenvalue weighted by atomic mass is 10.1. The minimum Gasteiger partial charge on any atom is -0.388 e. The highest BCUT2D eigenvalue weighted by Crippen LogP contribution is 2.14. The summed E-state index contributed by atoms with van der Waals surface area (Å²) in [7, 11) is 0. The summed E-state index contributed by atoms with van der Waals surface area (Å²) in [4.78, 5) is 4.54. The minimum atomic E-state index is -0.451. The molecule has 0 aliphatic heterocycles. The van der Waals surface area contributed by atoms with E-state index in [1.54, 1.807) is 11.3 Å². The van der Waals surface area contributed by atoms with Gasteiger partial charge in [-0.25, -0.2) is 4.99 Å². The number of thiophene rings is 1. The molecule has 4 nitrogen and oxygen atoms in total. The van der Waals surface area contributed by atoms with Gasteiger partial charge in [0.2, 0.25) is 0 Å². The van der Waals surface area contributed by atoms with Gasteiger partial charge in [-0.05, 0) is 41.3 Å². The standard InChI is InChI=1S/C17H23N3OS.HI/c1-2-18-17(20-12-14-9-11-22-13-14)19-10-8-16(21)15-6-4-3-5-7-15;/h3-7,9,11,13,16,21H,2,8,10,12H2,1H3,(H2,18,19,20);1H. The first kappa shape index (κ1) is 19.9. The summed E-state index contributed by atoms with van der Waals surface area (Å²) in [5.41, 5.74) is 2.16. The first-order chi connectivity index (χ1) is 10.8. The zero-order valence-electron chi connectivity index (χ0n) is 13.2. The third-order valence-electron chi connectivity index (χ3n) is 3.24. The van der Waals surface area contributed by atoms with Crippen molar-refractivity contribution < 1.29 is 5.11 Å². The lowest BCUT2D eigenvalue weighted by Crippen LogP contribution is -2.38. The molecule has 126 valence electrons. The summed E-state index contributed by atoms with van der Waals surface area (Å²) in [6.45, 7) is 4.20. The van der Waals surface area contributed by atoms with Crippen molar-refractivity contribution in [2.75, 3.05) is 13.1 Å². The lowest BCUT2D eigenvalue weighted by molar-refractivity contribution is 0.168. The Hall–Kier alpha value is -1.12. The topological polar surface area (TPSA) is 56.7 Å². The van der Waals surface area contributed by atoms with Crippen molar-refractivity contribution >= 4 is 41.3 Å². The molecule has 1 unspecified atom stereocenters. The SMILES string of the molecule is CCNC(=NCc1ccsc1)NCCC(O)c1ccccc1.I.